The van der Waals surface area contributed by atoms with Gasteiger partial charge in [-0.1, -0.05) is 41.5 Å². The lowest BCUT2D eigenvalue weighted by atomic mass is 9.37. The van der Waals surface area contributed by atoms with Gasteiger partial charge in [0.05, 0.1) is 6.10 Å². The molecule has 2 N–H and O–H groups in total. The highest BCUT2D eigenvalue weighted by atomic mass is 16.4. The largest absolute Gasteiger partial charge is 0.481 e. The first kappa shape index (κ1) is 23.3. The first-order valence-corrected chi connectivity index (χ1v) is 12.7. The summed E-state index contributed by atoms with van der Waals surface area (Å²) in [7, 11) is 0. The van der Waals surface area contributed by atoms with Crippen LogP contribution >= 0.6 is 0 Å². The van der Waals surface area contributed by atoms with E-state index in [0.717, 1.165) is 38.5 Å². The topological polar surface area (TPSA) is 74.6 Å². The third-order valence-corrected chi connectivity index (χ3v) is 11.7. The zero-order valence-electron chi connectivity index (χ0n) is 20.5. The molecule has 4 rings (SSSR count). The van der Waals surface area contributed by atoms with Gasteiger partial charge in [0.1, 0.15) is 5.78 Å². The molecule has 176 valence electrons. The van der Waals surface area contributed by atoms with E-state index in [1.54, 1.807) is 0 Å². The molecule has 0 amide bonds. The predicted molar refractivity (Wildman–Crippen MR) is 121 cm³/mol. The summed E-state index contributed by atoms with van der Waals surface area (Å²) in [6, 6.07) is 0. The summed E-state index contributed by atoms with van der Waals surface area (Å²) in [5.74, 6) is 1.44. The molecular formula is C27H44O4. The summed E-state index contributed by atoms with van der Waals surface area (Å²) in [6.07, 6.45) is 7.56. The Morgan fingerprint density at radius 3 is 2.35 bits per heavy atom. The van der Waals surface area contributed by atoms with Gasteiger partial charge in [0.25, 0.3) is 0 Å². The van der Waals surface area contributed by atoms with Crippen molar-refractivity contribution in [3.8, 4) is 0 Å². The number of carboxylic acid groups (broad SMARTS) is 1. The van der Waals surface area contributed by atoms with Crippen LogP contribution in [0.1, 0.15) is 99.3 Å². The van der Waals surface area contributed by atoms with Crippen LogP contribution < -0.4 is 0 Å². The van der Waals surface area contributed by atoms with Gasteiger partial charge in [0.15, 0.2) is 0 Å². The van der Waals surface area contributed by atoms with Crippen molar-refractivity contribution in [3.63, 3.8) is 0 Å². The molecule has 0 radical (unpaired) electrons. The maximum absolute atomic E-state index is 13.9. The van der Waals surface area contributed by atoms with Crippen LogP contribution in [0.5, 0.6) is 0 Å². The molecule has 0 aliphatic heterocycles. The van der Waals surface area contributed by atoms with Gasteiger partial charge in [0, 0.05) is 18.8 Å². The quantitative estimate of drug-likeness (QED) is 0.596. The van der Waals surface area contributed by atoms with Crippen LogP contribution in [0.25, 0.3) is 0 Å². The van der Waals surface area contributed by atoms with Crippen LogP contribution in [0.2, 0.25) is 0 Å². The minimum Gasteiger partial charge on any atom is -0.481 e. The van der Waals surface area contributed by atoms with E-state index < -0.39 is 5.97 Å². The maximum Gasteiger partial charge on any atom is 0.303 e. The fraction of sp³-hybridized carbons (Fsp3) is 0.926. The zero-order chi connectivity index (χ0) is 23.0. The number of fused-ring (bicyclic) bond motifs is 5. The molecular weight excluding hydrogens is 388 g/mol. The van der Waals surface area contributed by atoms with Crippen molar-refractivity contribution in [3.05, 3.63) is 0 Å². The molecule has 0 saturated heterocycles. The molecule has 4 fully saturated rings. The number of ketones is 1. The van der Waals surface area contributed by atoms with Crippen LogP contribution in [0.4, 0.5) is 0 Å². The number of aliphatic hydroxyl groups excluding tert-OH is 1. The number of carbonyl (C=O) groups excluding carboxylic acids is 1. The minimum atomic E-state index is -0.717. The number of rotatable bonds is 4. The van der Waals surface area contributed by atoms with Gasteiger partial charge in [-0.15, -0.1) is 0 Å². The van der Waals surface area contributed by atoms with E-state index >= 15 is 0 Å². The summed E-state index contributed by atoms with van der Waals surface area (Å²) < 4.78 is 0. The molecule has 0 aromatic heterocycles. The SMILES string of the molecule is CC(CCC(=O)O)C1CCC2(C)C3CCC4C(C)(C)C(O)CCC4(C)C3C(=O)CC12C. The Kier molecular flexibility index (Phi) is 5.48. The van der Waals surface area contributed by atoms with Crippen molar-refractivity contribution in [1.82, 2.24) is 0 Å². The zero-order valence-corrected chi connectivity index (χ0v) is 20.5. The molecule has 31 heavy (non-hydrogen) atoms. The van der Waals surface area contributed by atoms with Crippen molar-refractivity contribution in [2.24, 2.45) is 51.2 Å². The van der Waals surface area contributed by atoms with Gasteiger partial charge in [-0.2, -0.15) is 0 Å². The Hall–Kier alpha value is -0.900. The standard InChI is InChI=1S/C27H44O4/c1-16(7-10-22(30)31)17-11-14-26(5)18-8-9-20-24(2,3)21(29)12-13-25(20,4)23(18)19(28)15-27(17,26)6/h16-18,20-21,23,29H,7-15H2,1-6H3,(H,30,31). The van der Waals surface area contributed by atoms with Crippen molar-refractivity contribution in [2.75, 3.05) is 0 Å². The Bertz CT molecular complexity index is 758. The molecule has 4 heteroatoms. The fourth-order valence-electron chi connectivity index (χ4n) is 9.76. The number of aliphatic hydroxyl groups is 1. The second-order valence-electron chi connectivity index (χ2n) is 13.1. The van der Waals surface area contributed by atoms with Gasteiger partial charge in [0.2, 0.25) is 0 Å². The van der Waals surface area contributed by atoms with Gasteiger partial charge in [-0.25, -0.2) is 0 Å². The van der Waals surface area contributed by atoms with Crippen molar-refractivity contribution < 1.29 is 19.8 Å². The fourth-order valence-corrected chi connectivity index (χ4v) is 9.76. The highest BCUT2D eigenvalue weighted by molar-refractivity contribution is 5.84. The number of hydrogen-bond acceptors (Lipinski definition) is 3. The molecule has 4 aliphatic carbocycles. The van der Waals surface area contributed by atoms with E-state index in [1.165, 1.54) is 0 Å². The summed E-state index contributed by atoms with van der Waals surface area (Å²) in [5, 5.41) is 19.9. The summed E-state index contributed by atoms with van der Waals surface area (Å²) in [5.41, 5.74) is -0.0402. The minimum absolute atomic E-state index is 0.0138. The Balaban J connectivity index is 1.66. The molecule has 0 spiro atoms. The lowest BCUT2D eigenvalue weighted by molar-refractivity contribution is -0.200. The number of aliphatic carboxylic acids is 1. The monoisotopic (exact) mass is 432 g/mol. The van der Waals surface area contributed by atoms with Crippen LogP contribution in [0, 0.1) is 51.2 Å². The average Bonchev–Trinajstić information content (AvgIpc) is 2.94. The molecule has 0 heterocycles. The molecule has 9 unspecified atom stereocenters. The van der Waals surface area contributed by atoms with Gasteiger partial charge >= 0.3 is 5.97 Å². The predicted octanol–water partition coefficient (Wildman–Crippen LogP) is 5.71. The highest BCUT2D eigenvalue weighted by Crippen LogP contribution is 2.73. The Morgan fingerprint density at radius 1 is 1.03 bits per heavy atom. The van der Waals surface area contributed by atoms with E-state index in [0.29, 0.717) is 42.3 Å². The first-order chi connectivity index (χ1) is 14.3. The van der Waals surface area contributed by atoms with Crippen molar-refractivity contribution >= 4 is 11.8 Å². The highest BCUT2D eigenvalue weighted by Gasteiger charge is 2.69. The summed E-state index contributed by atoms with van der Waals surface area (Å²) in [4.78, 5) is 25.1. The van der Waals surface area contributed by atoms with E-state index in [1.807, 2.05) is 0 Å². The van der Waals surface area contributed by atoms with Crippen LogP contribution in [-0.4, -0.2) is 28.1 Å². The van der Waals surface area contributed by atoms with E-state index in [9.17, 15) is 19.8 Å². The van der Waals surface area contributed by atoms with Gasteiger partial charge in [-0.3, -0.25) is 9.59 Å². The molecule has 4 aliphatic rings. The summed E-state index contributed by atoms with van der Waals surface area (Å²) in [6.45, 7) is 13.8. The molecule has 4 saturated carbocycles. The Labute approximate surface area is 188 Å². The van der Waals surface area contributed by atoms with Gasteiger partial charge < -0.3 is 10.2 Å². The van der Waals surface area contributed by atoms with Crippen LogP contribution in [0.3, 0.4) is 0 Å². The second kappa shape index (κ2) is 7.30. The Morgan fingerprint density at radius 2 is 1.71 bits per heavy atom. The van der Waals surface area contributed by atoms with Crippen LogP contribution in [-0.2, 0) is 9.59 Å². The molecule has 0 aromatic rings. The van der Waals surface area contributed by atoms with E-state index in [-0.39, 0.29) is 40.1 Å². The second-order valence-corrected chi connectivity index (χ2v) is 13.1. The van der Waals surface area contributed by atoms with E-state index in [4.69, 9.17) is 0 Å². The molecule has 9 atom stereocenters. The first-order valence-electron chi connectivity index (χ1n) is 12.7. The van der Waals surface area contributed by atoms with Crippen molar-refractivity contribution in [2.45, 2.75) is 105 Å². The summed E-state index contributed by atoms with van der Waals surface area (Å²) >= 11 is 0. The number of carbonyl (C=O) groups is 2. The normalized spacial score (nSPS) is 49.6. The van der Waals surface area contributed by atoms with Gasteiger partial charge in [-0.05, 0) is 90.3 Å². The molecule has 0 aromatic carbocycles. The molecule has 0 bridgehead atoms. The van der Waals surface area contributed by atoms with Crippen molar-refractivity contribution in [1.29, 1.82) is 0 Å². The third-order valence-electron chi connectivity index (χ3n) is 11.7. The number of Topliss-reactive ketones (excluding diaryl/α,β-unsaturated/α-hetero) is 1. The average molecular weight is 433 g/mol. The molecule has 4 nitrogen and oxygen atoms in total. The lowest BCUT2D eigenvalue weighted by Gasteiger charge is -2.66. The van der Waals surface area contributed by atoms with Crippen LogP contribution in [0.15, 0.2) is 0 Å². The lowest BCUT2D eigenvalue weighted by Crippen LogP contribution is -2.64. The maximum atomic E-state index is 13.9. The third kappa shape index (κ3) is 3.09. The number of hydrogen-bond donors (Lipinski definition) is 2. The van der Waals surface area contributed by atoms with E-state index in [2.05, 4.69) is 41.5 Å². The number of carboxylic acids is 1. The smallest absolute Gasteiger partial charge is 0.303 e.